The van der Waals surface area contributed by atoms with Gasteiger partial charge in [0, 0.05) is 26.7 Å². The van der Waals surface area contributed by atoms with Crippen LogP contribution in [0.3, 0.4) is 0 Å². The summed E-state index contributed by atoms with van der Waals surface area (Å²) in [6.07, 6.45) is -5.01. The van der Waals surface area contributed by atoms with Crippen LogP contribution in [-0.2, 0) is 9.53 Å². The minimum atomic E-state index is -4.16. The first-order valence-corrected chi connectivity index (χ1v) is 5.48. The van der Waals surface area contributed by atoms with E-state index in [1.54, 1.807) is 0 Å². The average Bonchev–Trinajstić information content (AvgIpc) is 2.29. The highest BCUT2D eigenvalue weighted by Crippen LogP contribution is 2.34. The van der Waals surface area contributed by atoms with Crippen LogP contribution in [0.15, 0.2) is 0 Å². The lowest BCUT2D eigenvalue weighted by Gasteiger charge is -2.34. The number of hydrogen-bond acceptors (Lipinski definition) is 3. The lowest BCUT2D eigenvalue weighted by atomic mass is 9.96. The van der Waals surface area contributed by atoms with Crippen molar-refractivity contribution in [2.75, 3.05) is 26.7 Å². The van der Waals surface area contributed by atoms with Crippen LogP contribution in [0.25, 0.3) is 0 Å². The maximum atomic E-state index is 12.4. The molecule has 1 atom stereocenters. The van der Waals surface area contributed by atoms with Crippen molar-refractivity contribution in [3.05, 3.63) is 0 Å². The van der Waals surface area contributed by atoms with E-state index in [4.69, 9.17) is 10.5 Å². The van der Waals surface area contributed by atoms with Gasteiger partial charge in [-0.3, -0.25) is 4.79 Å². The zero-order valence-corrected chi connectivity index (χ0v) is 9.67. The van der Waals surface area contributed by atoms with Gasteiger partial charge in [-0.05, 0) is 12.8 Å². The number of likely N-dealkylation sites (tertiary alicyclic amines) is 1. The SMILES string of the molecule is COC(CN)C(=O)N1CCC(C(F)(F)F)CC1. The number of methoxy groups -OCH3 is 1. The van der Waals surface area contributed by atoms with E-state index in [0.717, 1.165) is 0 Å². The molecule has 1 aliphatic heterocycles. The van der Waals surface area contributed by atoms with Crippen LogP contribution in [0.2, 0.25) is 0 Å². The molecule has 17 heavy (non-hydrogen) atoms. The second-order valence-corrected chi connectivity index (χ2v) is 4.10. The fourth-order valence-electron chi connectivity index (χ4n) is 1.93. The highest BCUT2D eigenvalue weighted by atomic mass is 19.4. The van der Waals surface area contributed by atoms with E-state index in [2.05, 4.69) is 0 Å². The van der Waals surface area contributed by atoms with Gasteiger partial charge in [-0.2, -0.15) is 13.2 Å². The van der Waals surface area contributed by atoms with Gasteiger partial charge in [-0.1, -0.05) is 0 Å². The number of carbonyl (C=O) groups is 1. The van der Waals surface area contributed by atoms with Gasteiger partial charge in [0.2, 0.25) is 0 Å². The topological polar surface area (TPSA) is 55.6 Å². The highest BCUT2D eigenvalue weighted by molar-refractivity contribution is 5.81. The average molecular weight is 254 g/mol. The van der Waals surface area contributed by atoms with Gasteiger partial charge in [0.15, 0.2) is 0 Å². The molecular weight excluding hydrogens is 237 g/mol. The predicted molar refractivity (Wildman–Crippen MR) is 55.2 cm³/mol. The van der Waals surface area contributed by atoms with Crippen molar-refractivity contribution < 1.29 is 22.7 Å². The zero-order valence-electron chi connectivity index (χ0n) is 9.67. The summed E-state index contributed by atoms with van der Waals surface area (Å²) in [6.45, 7) is 0.264. The molecule has 0 aromatic carbocycles. The molecule has 1 aliphatic rings. The summed E-state index contributed by atoms with van der Waals surface area (Å²) in [5.74, 6) is -1.62. The number of nitrogens with two attached hydrogens (primary N) is 1. The van der Waals surface area contributed by atoms with E-state index in [1.165, 1.54) is 12.0 Å². The zero-order chi connectivity index (χ0) is 13.1. The fraction of sp³-hybridized carbons (Fsp3) is 0.900. The van der Waals surface area contributed by atoms with E-state index >= 15 is 0 Å². The van der Waals surface area contributed by atoms with Gasteiger partial charge in [0.05, 0.1) is 5.92 Å². The largest absolute Gasteiger partial charge is 0.391 e. The molecule has 4 nitrogen and oxygen atoms in total. The van der Waals surface area contributed by atoms with Crippen LogP contribution in [0.5, 0.6) is 0 Å². The molecule has 0 aromatic heterocycles. The Morgan fingerprint density at radius 3 is 2.35 bits per heavy atom. The summed E-state index contributed by atoms with van der Waals surface area (Å²) in [7, 11) is 1.36. The van der Waals surface area contributed by atoms with Crippen LogP contribution >= 0.6 is 0 Å². The number of nitrogens with zero attached hydrogens (tertiary/aromatic N) is 1. The van der Waals surface area contributed by atoms with Gasteiger partial charge in [-0.15, -0.1) is 0 Å². The Balaban J connectivity index is 2.49. The molecule has 100 valence electrons. The molecule has 0 saturated carbocycles. The van der Waals surface area contributed by atoms with Crippen LogP contribution in [-0.4, -0.2) is 49.8 Å². The summed E-state index contributed by atoms with van der Waals surface area (Å²) >= 11 is 0. The van der Waals surface area contributed by atoms with E-state index in [9.17, 15) is 18.0 Å². The smallest absolute Gasteiger partial charge is 0.370 e. The molecular formula is C10H17F3N2O2. The summed E-state index contributed by atoms with van der Waals surface area (Å²) in [5, 5.41) is 0. The number of hydrogen-bond donors (Lipinski definition) is 1. The third kappa shape index (κ3) is 3.57. The van der Waals surface area contributed by atoms with E-state index in [-0.39, 0.29) is 38.4 Å². The summed E-state index contributed by atoms with van der Waals surface area (Å²) in [4.78, 5) is 13.1. The van der Waals surface area contributed by atoms with Gasteiger partial charge < -0.3 is 15.4 Å². The van der Waals surface area contributed by atoms with Gasteiger partial charge in [0.1, 0.15) is 6.10 Å². The maximum absolute atomic E-state index is 12.4. The minimum Gasteiger partial charge on any atom is -0.370 e. The molecule has 0 bridgehead atoms. The lowest BCUT2D eigenvalue weighted by Crippen LogP contribution is -2.48. The van der Waals surface area contributed by atoms with Gasteiger partial charge in [-0.25, -0.2) is 0 Å². The minimum absolute atomic E-state index is 0.0362. The van der Waals surface area contributed by atoms with Crippen LogP contribution in [0.4, 0.5) is 13.2 Å². The lowest BCUT2D eigenvalue weighted by molar-refractivity contribution is -0.187. The van der Waals surface area contributed by atoms with Crippen molar-refractivity contribution in [3.63, 3.8) is 0 Å². The molecule has 1 rings (SSSR count). The van der Waals surface area contributed by atoms with Crippen LogP contribution < -0.4 is 5.73 Å². The van der Waals surface area contributed by atoms with Gasteiger partial charge >= 0.3 is 6.18 Å². The summed E-state index contributed by atoms with van der Waals surface area (Å²) in [6, 6.07) is 0. The highest BCUT2D eigenvalue weighted by Gasteiger charge is 2.42. The second-order valence-electron chi connectivity index (χ2n) is 4.10. The second kappa shape index (κ2) is 5.68. The molecule has 1 fully saturated rings. The Morgan fingerprint density at radius 2 is 2.00 bits per heavy atom. The number of carbonyl (C=O) groups excluding carboxylic acids is 1. The fourth-order valence-corrected chi connectivity index (χ4v) is 1.93. The first-order valence-electron chi connectivity index (χ1n) is 5.48. The van der Waals surface area contributed by atoms with E-state index < -0.39 is 18.2 Å². The third-order valence-corrected chi connectivity index (χ3v) is 3.04. The standard InChI is InChI=1S/C10H17F3N2O2/c1-17-8(6-14)9(16)15-4-2-7(3-5-15)10(11,12)13/h7-8H,2-6,14H2,1H3. The Labute approximate surface area is 97.9 Å². The summed E-state index contributed by atoms with van der Waals surface area (Å²) < 4.78 is 42.1. The Hall–Kier alpha value is -0.820. The molecule has 0 radical (unpaired) electrons. The van der Waals surface area contributed by atoms with Crippen molar-refractivity contribution >= 4 is 5.91 Å². The Bertz CT molecular complexity index is 259. The van der Waals surface area contributed by atoms with Crippen molar-refractivity contribution in [1.82, 2.24) is 4.90 Å². The number of halogens is 3. The predicted octanol–water partition coefficient (Wildman–Crippen LogP) is 0.761. The van der Waals surface area contributed by atoms with Crippen molar-refractivity contribution in [2.24, 2.45) is 11.7 Å². The van der Waals surface area contributed by atoms with Crippen molar-refractivity contribution in [1.29, 1.82) is 0 Å². The molecule has 0 spiro atoms. The first kappa shape index (κ1) is 14.2. The maximum Gasteiger partial charge on any atom is 0.391 e. The molecule has 0 aliphatic carbocycles. The number of rotatable bonds is 3. The van der Waals surface area contributed by atoms with Gasteiger partial charge in [0.25, 0.3) is 5.91 Å². The van der Waals surface area contributed by atoms with Crippen molar-refractivity contribution in [3.8, 4) is 0 Å². The summed E-state index contributed by atoms with van der Waals surface area (Å²) in [5.41, 5.74) is 5.33. The monoisotopic (exact) mass is 254 g/mol. The molecule has 1 heterocycles. The normalized spacial score (nSPS) is 20.4. The quantitative estimate of drug-likeness (QED) is 0.809. The number of amides is 1. The Kier molecular flexibility index (Phi) is 4.76. The first-order chi connectivity index (χ1) is 7.90. The number of ether oxygens (including phenoxy) is 1. The van der Waals surface area contributed by atoms with E-state index in [0.29, 0.717) is 0 Å². The van der Waals surface area contributed by atoms with E-state index in [1.807, 2.05) is 0 Å². The number of piperidine rings is 1. The molecule has 1 saturated heterocycles. The molecule has 1 unspecified atom stereocenters. The molecule has 7 heteroatoms. The van der Waals surface area contributed by atoms with Crippen LogP contribution in [0.1, 0.15) is 12.8 Å². The third-order valence-electron chi connectivity index (χ3n) is 3.04. The number of alkyl halides is 3. The molecule has 0 aromatic rings. The Morgan fingerprint density at radius 1 is 1.47 bits per heavy atom. The molecule has 1 amide bonds. The van der Waals surface area contributed by atoms with Crippen molar-refractivity contribution in [2.45, 2.75) is 25.1 Å². The van der Waals surface area contributed by atoms with Crippen LogP contribution in [0, 0.1) is 5.92 Å². The molecule has 2 N–H and O–H groups in total.